The van der Waals surface area contributed by atoms with Gasteiger partial charge in [-0.1, -0.05) is 36.7 Å². The van der Waals surface area contributed by atoms with Crippen molar-refractivity contribution in [1.29, 1.82) is 0 Å². The molecule has 30 heavy (non-hydrogen) atoms. The first kappa shape index (κ1) is 22.9. The van der Waals surface area contributed by atoms with E-state index in [-0.39, 0.29) is 17.6 Å². The molecule has 158 valence electrons. The zero-order valence-electron chi connectivity index (χ0n) is 17.5. The van der Waals surface area contributed by atoms with Gasteiger partial charge >= 0.3 is 0 Å². The van der Waals surface area contributed by atoms with E-state index in [1.54, 1.807) is 12.3 Å². The summed E-state index contributed by atoms with van der Waals surface area (Å²) in [6.45, 7) is 8.29. The Morgan fingerprint density at radius 1 is 1.20 bits per heavy atom. The van der Waals surface area contributed by atoms with Gasteiger partial charge in [-0.15, -0.1) is 0 Å². The summed E-state index contributed by atoms with van der Waals surface area (Å²) < 4.78 is 9.21. The fourth-order valence-corrected chi connectivity index (χ4v) is 3.92. The molecule has 0 radical (unpaired) electrons. The summed E-state index contributed by atoms with van der Waals surface area (Å²) in [7, 11) is 0. The van der Waals surface area contributed by atoms with Crippen LogP contribution in [-0.2, 0) is 0 Å². The molecule has 0 amide bonds. The van der Waals surface area contributed by atoms with E-state index in [0.717, 1.165) is 32.2 Å². The summed E-state index contributed by atoms with van der Waals surface area (Å²) in [6.07, 6.45) is 3.68. The highest BCUT2D eigenvalue weighted by Gasteiger charge is 2.15. The van der Waals surface area contributed by atoms with E-state index in [0.29, 0.717) is 16.7 Å². The number of aromatic nitrogens is 2. The molecule has 0 aliphatic carbocycles. The lowest BCUT2D eigenvalue weighted by atomic mass is 10.1. The summed E-state index contributed by atoms with van der Waals surface area (Å²) in [6, 6.07) is 11.4. The van der Waals surface area contributed by atoms with E-state index in [4.69, 9.17) is 9.72 Å². The molecular formula is C23H25BrIN3O2. The third-order valence-corrected chi connectivity index (χ3v) is 6.40. The average Bonchev–Trinajstić information content (AvgIpc) is 2.74. The molecule has 2 atom stereocenters. The van der Waals surface area contributed by atoms with Crippen LogP contribution in [0.4, 0.5) is 0 Å². The molecule has 0 unspecified atom stereocenters. The van der Waals surface area contributed by atoms with Gasteiger partial charge in [-0.2, -0.15) is 9.78 Å². The van der Waals surface area contributed by atoms with Gasteiger partial charge < -0.3 is 4.74 Å². The van der Waals surface area contributed by atoms with Gasteiger partial charge in [-0.05, 0) is 84.3 Å². The Hall–Kier alpha value is -1.74. The Labute approximate surface area is 198 Å². The van der Waals surface area contributed by atoms with Crippen molar-refractivity contribution in [3.8, 4) is 5.75 Å². The number of fused-ring (bicyclic) bond motifs is 1. The second kappa shape index (κ2) is 10.0. The normalized spacial score (nSPS) is 13.7. The second-order valence-electron chi connectivity index (χ2n) is 7.33. The molecule has 5 nitrogen and oxygen atoms in total. The van der Waals surface area contributed by atoms with Crippen LogP contribution in [0.2, 0.25) is 0 Å². The highest BCUT2D eigenvalue weighted by molar-refractivity contribution is 14.1. The van der Waals surface area contributed by atoms with Gasteiger partial charge in [0.15, 0.2) is 0 Å². The quantitative estimate of drug-likeness (QED) is 0.242. The number of benzene rings is 2. The number of hydrogen-bond acceptors (Lipinski definition) is 4. The lowest BCUT2D eigenvalue weighted by Crippen LogP contribution is -2.23. The number of rotatable bonds is 7. The van der Waals surface area contributed by atoms with Crippen molar-refractivity contribution in [2.75, 3.05) is 0 Å². The Morgan fingerprint density at radius 2 is 1.97 bits per heavy atom. The van der Waals surface area contributed by atoms with Crippen LogP contribution in [0.15, 0.2) is 50.8 Å². The third kappa shape index (κ3) is 5.11. The Kier molecular flexibility index (Phi) is 7.68. The summed E-state index contributed by atoms with van der Waals surface area (Å²) in [5.41, 5.74) is 1.41. The minimum absolute atomic E-state index is 0.106. The van der Waals surface area contributed by atoms with E-state index < -0.39 is 0 Å². The van der Waals surface area contributed by atoms with Gasteiger partial charge in [0.05, 0.1) is 26.8 Å². The summed E-state index contributed by atoms with van der Waals surface area (Å²) in [5.74, 6) is 1.63. The van der Waals surface area contributed by atoms with Crippen LogP contribution in [0.3, 0.4) is 0 Å². The topological polar surface area (TPSA) is 56.5 Å². The maximum Gasteiger partial charge on any atom is 0.282 e. The monoisotopic (exact) mass is 581 g/mol. The van der Waals surface area contributed by atoms with E-state index in [1.165, 1.54) is 4.68 Å². The molecule has 0 spiro atoms. The predicted octanol–water partition coefficient (Wildman–Crippen LogP) is 6.34. The van der Waals surface area contributed by atoms with Crippen molar-refractivity contribution in [2.24, 2.45) is 5.10 Å². The Balaban J connectivity index is 2.04. The molecule has 0 aliphatic heterocycles. The van der Waals surface area contributed by atoms with Crippen LogP contribution in [0, 0.1) is 3.57 Å². The van der Waals surface area contributed by atoms with Gasteiger partial charge in [-0.25, -0.2) is 4.98 Å². The minimum atomic E-state index is -0.167. The van der Waals surface area contributed by atoms with Crippen molar-refractivity contribution in [3.05, 3.63) is 66.2 Å². The molecule has 1 aromatic heterocycles. The SMILES string of the molecule is CC[C@@H](C)c1nc2ccc(Br)cc2c(=O)n1N=Cc1ccc(O[C@@H](C)CC)c(I)c1. The zero-order chi connectivity index (χ0) is 21.8. The molecule has 0 aliphatic rings. The van der Waals surface area contributed by atoms with Gasteiger partial charge in [0.2, 0.25) is 0 Å². The molecule has 3 rings (SSSR count). The summed E-state index contributed by atoms with van der Waals surface area (Å²) in [4.78, 5) is 17.9. The van der Waals surface area contributed by atoms with Crippen LogP contribution in [0.5, 0.6) is 5.75 Å². The fourth-order valence-electron chi connectivity index (χ4n) is 2.90. The van der Waals surface area contributed by atoms with E-state index >= 15 is 0 Å². The largest absolute Gasteiger partial charge is 0.490 e. The van der Waals surface area contributed by atoms with E-state index in [1.807, 2.05) is 30.3 Å². The van der Waals surface area contributed by atoms with Crippen LogP contribution >= 0.6 is 38.5 Å². The molecule has 0 saturated heterocycles. The van der Waals surface area contributed by atoms with Crippen molar-refractivity contribution >= 4 is 55.6 Å². The summed E-state index contributed by atoms with van der Waals surface area (Å²) in [5, 5.41) is 5.07. The highest BCUT2D eigenvalue weighted by atomic mass is 127. The van der Waals surface area contributed by atoms with Crippen molar-refractivity contribution in [1.82, 2.24) is 9.66 Å². The maximum atomic E-state index is 13.2. The number of nitrogens with zero attached hydrogens (tertiary/aromatic N) is 3. The predicted molar refractivity (Wildman–Crippen MR) is 135 cm³/mol. The van der Waals surface area contributed by atoms with Gasteiger partial charge in [-0.3, -0.25) is 4.79 Å². The molecule has 3 aromatic rings. The van der Waals surface area contributed by atoms with Crippen LogP contribution < -0.4 is 10.3 Å². The first-order valence-corrected chi connectivity index (χ1v) is 11.9. The van der Waals surface area contributed by atoms with Gasteiger partial charge in [0.1, 0.15) is 11.6 Å². The van der Waals surface area contributed by atoms with Crippen molar-refractivity contribution in [2.45, 2.75) is 52.6 Å². The van der Waals surface area contributed by atoms with Crippen LogP contribution in [-0.4, -0.2) is 22.0 Å². The molecule has 0 saturated carbocycles. The standard InChI is InChI=1S/C23H25BrIN3O2/c1-5-14(3)22-27-20-9-8-17(24)12-18(20)23(29)28(22)26-13-16-7-10-21(19(25)11-16)30-15(4)6-2/h7-15H,5-6H2,1-4H3/t14-,15+/m1/s1. The number of ether oxygens (including phenoxy) is 1. The molecule has 0 N–H and O–H groups in total. The molecule has 1 heterocycles. The van der Waals surface area contributed by atoms with Gasteiger partial charge in [0.25, 0.3) is 5.56 Å². The third-order valence-electron chi connectivity index (χ3n) is 5.07. The molecule has 0 fully saturated rings. The van der Waals surface area contributed by atoms with Crippen molar-refractivity contribution in [3.63, 3.8) is 0 Å². The first-order valence-electron chi connectivity index (χ1n) is 10.1. The fraction of sp³-hybridized carbons (Fsp3) is 0.348. The zero-order valence-corrected chi connectivity index (χ0v) is 21.3. The maximum absolute atomic E-state index is 13.2. The Morgan fingerprint density at radius 3 is 2.63 bits per heavy atom. The van der Waals surface area contributed by atoms with Crippen LogP contribution in [0.1, 0.15) is 57.8 Å². The van der Waals surface area contributed by atoms with Gasteiger partial charge in [0, 0.05) is 10.4 Å². The van der Waals surface area contributed by atoms with Crippen LogP contribution in [0.25, 0.3) is 10.9 Å². The molecule has 7 heteroatoms. The summed E-state index contributed by atoms with van der Waals surface area (Å²) >= 11 is 5.70. The van der Waals surface area contributed by atoms with E-state index in [9.17, 15) is 4.79 Å². The number of halogens is 2. The smallest absolute Gasteiger partial charge is 0.282 e. The highest BCUT2D eigenvalue weighted by Crippen LogP contribution is 2.24. The first-order chi connectivity index (χ1) is 14.3. The average molecular weight is 582 g/mol. The minimum Gasteiger partial charge on any atom is -0.490 e. The molecule has 0 bridgehead atoms. The second-order valence-corrected chi connectivity index (χ2v) is 9.41. The lowest BCUT2D eigenvalue weighted by molar-refractivity contribution is 0.216. The van der Waals surface area contributed by atoms with E-state index in [2.05, 4.69) is 71.3 Å². The molecular weight excluding hydrogens is 557 g/mol. The Bertz CT molecular complexity index is 1140. The molecule has 2 aromatic carbocycles. The number of hydrogen-bond donors (Lipinski definition) is 0. The van der Waals surface area contributed by atoms with Crippen molar-refractivity contribution < 1.29 is 4.74 Å². The lowest BCUT2D eigenvalue weighted by Gasteiger charge is -2.15.